The third-order valence-corrected chi connectivity index (χ3v) is 5.67. The van der Waals surface area contributed by atoms with Gasteiger partial charge in [0.2, 0.25) is 0 Å². The second-order valence-electron chi connectivity index (χ2n) is 7.73. The monoisotopic (exact) mass is 336 g/mol. The number of aliphatic hydroxyl groups excluding tert-OH is 1. The Morgan fingerprint density at radius 2 is 1.75 bits per heavy atom. The molecule has 0 aromatic rings. The van der Waals surface area contributed by atoms with Gasteiger partial charge in [0.15, 0.2) is 0 Å². The molecule has 2 N–H and O–H groups in total. The van der Waals surface area contributed by atoms with Crippen LogP contribution in [0.1, 0.15) is 90.9 Å². The van der Waals surface area contributed by atoms with Crippen LogP contribution in [0.3, 0.4) is 0 Å². The van der Waals surface area contributed by atoms with Crippen molar-refractivity contribution in [3.05, 3.63) is 24.8 Å². The highest BCUT2D eigenvalue weighted by Gasteiger charge is 2.32. The van der Waals surface area contributed by atoms with E-state index in [9.17, 15) is 10.2 Å². The Bertz CT molecular complexity index is 363. The molecular formula is C22H40O2. The average molecular weight is 337 g/mol. The van der Waals surface area contributed by atoms with E-state index in [0.29, 0.717) is 12.3 Å². The van der Waals surface area contributed by atoms with Crippen LogP contribution in [0.2, 0.25) is 0 Å². The topological polar surface area (TPSA) is 40.5 Å². The number of hydrogen-bond donors (Lipinski definition) is 2. The molecule has 2 nitrogen and oxygen atoms in total. The molecule has 1 aliphatic rings. The molecule has 0 spiro atoms. The molecule has 0 aliphatic heterocycles. The molecule has 140 valence electrons. The van der Waals surface area contributed by atoms with E-state index in [2.05, 4.69) is 32.6 Å². The molecule has 0 radical (unpaired) electrons. The van der Waals surface area contributed by atoms with Crippen LogP contribution in [0.4, 0.5) is 0 Å². The highest BCUT2D eigenvalue weighted by atomic mass is 16.3. The standard InChI is InChI=1S/C22H40O2/c1-4-7-9-10-11-13-19-15-16-21(23)20(19)14-12-18-22(24,6-3)17-8-5-2/h6,12,14,19-21,23-24H,3-5,7-11,13,15-18H2,1-2H3/b14-12+/t19-,20+,21+,22-/m0/s1. The lowest BCUT2D eigenvalue weighted by atomic mass is 9.87. The van der Waals surface area contributed by atoms with Gasteiger partial charge in [-0.3, -0.25) is 0 Å². The van der Waals surface area contributed by atoms with Crippen molar-refractivity contribution in [2.24, 2.45) is 11.8 Å². The van der Waals surface area contributed by atoms with Crippen molar-refractivity contribution in [3.8, 4) is 0 Å². The minimum atomic E-state index is -0.786. The van der Waals surface area contributed by atoms with Gasteiger partial charge in [0.1, 0.15) is 0 Å². The average Bonchev–Trinajstić information content (AvgIpc) is 2.93. The predicted octanol–water partition coefficient (Wildman–Crippen LogP) is 5.79. The molecule has 1 aliphatic carbocycles. The zero-order chi connectivity index (χ0) is 17.8. The van der Waals surface area contributed by atoms with Gasteiger partial charge in [0, 0.05) is 5.92 Å². The van der Waals surface area contributed by atoms with E-state index in [0.717, 1.165) is 32.1 Å². The summed E-state index contributed by atoms with van der Waals surface area (Å²) in [6.45, 7) is 8.19. The fourth-order valence-corrected chi connectivity index (χ4v) is 3.92. The summed E-state index contributed by atoms with van der Waals surface area (Å²) in [7, 11) is 0. The number of rotatable bonds is 13. The molecule has 0 unspecified atom stereocenters. The Balaban J connectivity index is 2.45. The van der Waals surface area contributed by atoms with Crippen LogP contribution in [0.5, 0.6) is 0 Å². The molecule has 0 saturated heterocycles. The summed E-state index contributed by atoms with van der Waals surface area (Å²) in [5.41, 5.74) is -0.786. The third kappa shape index (κ3) is 7.53. The maximum Gasteiger partial charge on any atom is 0.0859 e. The second kappa shape index (κ2) is 11.9. The van der Waals surface area contributed by atoms with Crippen molar-refractivity contribution >= 4 is 0 Å². The van der Waals surface area contributed by atoms with E-state index in [1.54, 1.807) is 6.08 Å². The zero-order valence-electron chi connectivity index (χ0n) is 16.1. The fraction of sp³-hybridized carbons (Fsp3) is 0.818. The van der Waals surface area contributed by atoms with Gasteiger partial charge in [-0.25, -0.2) is 0 Å². The molecule has 0 heterocycles. The van der Waals surface area contributed by atoms with E-state index >= 15 is 0 Å². The first-order valence-electron chi connectivity index (χ1n) is 10.3. The molecule has 0 aromatic heterocycles. The molecule has 1 saturated carbocycles. The maximum atomic E-state index is 10.5. The van der Waals surface area contributed by atoms with Crippen LogP contribution in [0.25, 0.3) is 0 Å². The number of hydrogen-bond acceptors (Lipinski definition) is 2. The van der Waals surface area contributed by atoms with Crippen molar-refractivity contribution in [3.63, 3.8) is 0 Å². The van der Waals surface area contributed by atoms with Crippen LogP contribution in [-0.4, -0.2) is 21.9 Å². The Hall–Kier alpha value is -0.600. The van der Waals surface area contributed by atoms with E-state index in [1.165, 1.54) is 38.5 Å². The van der Waals surface area contributed by atoms with Crippen LogP contribution in [-0.2, 0) is 0 Å². The van der Waals surface area contributed by atoms with Crippen LogP contribution in [0, 0.1) is 11.8 Å². The van der Waals surface area contributed by atoms with Crippen molar-refractivity contribution in [2.75, 3.05) is 0 Å². The van der Waals surface area contributed by atoms with E-state index in [-0.39, 0.29) is 12.0 Å². The quantitative estimate of drug-likeness (QED) is 0.330. The second-order valence-corrected chi connectivity index (χ2v) is 7.73. The summed E-state index contributed by atoms with van der Waals surface area (Å²) in [5, 5.41) is 20.8. The van der Waals surface area contributed by atoms with Crippen LogP contribution in [0.15, 0.2) is 24.8 Å². The normalized spacial score (nSPS) is 26.8. The highest BCUT2D eigenvalue weighted by molar-refractivity contribution is 5.05. The minimum absolute atomic E-state index is 0.200. The molecule has 24 heavy (non-hydrogen) atoms. The Kier molecular flexibility index (Phi) is 10.6. The summed E-state index contributed by atoms with van der Waals surface area (Å²) in [4.78, 5) is 0. The summed E-state index contributed by atoms with van der Waals surface area (Å²) < 4.78 is 0. The van der Waals surface area contributed by atoms with Gasteiger partial charge in [-0.15, -0.1) is 6.58 Å². The van der Waals surface area contributed by atoms with E-state index in [1.807, 2.05) is 0 Å². The summed E-state index contributed by atoms with van der Waals surface area (Å²) in [5.74, 6) is 0.891. The van der Waals surface area contributed by atoms with E-state index in [4.69, 9.17) is 0 Å². The molecule has 1 fully saturated rings. The summed E-state index contributed by atoms with van der Waals surface area (Å²) in [6, 6.07) is 0. The summed E-state index contributed by atoms with van der Waals surface area (Å²) >= 11 is 0. The summed E-state index contributed by atoms with van der Waals surface area (Å²) in [6.07, 6.45) is 19.1. The first kappa shape index (κ1) is 21.4. The van der Waals surface area contributed by atoms with Gasteiger partial charge < -0.3 is 10.2 Å². The molecule has 0 amide bonds. The zero-order valence-corrected chi connectivity index (χ0v) is 16.1. The fourth-order valence-electron chi connectivity index (χ4n) is 3.92. The van der Waals surface area contributed by atoms with Crippen molar-refractivity contribution < 1.29 is 10.2 Å². The first-order valence-corrected chi connectivity index (χ1v) is 10.3. The molecule has 2 heteroatoms. The first-order chi connectivity index (χ1) is 11.6. The van der Waals surface area contributed by atoms with Crippen LogP contribution < -0.4 is 0 Å². The number of aliphatic hydroxyl groups is 2. The molecule has 4 atom stereocenters. The van der Waals surface area contributed by atoms with Gasteiger partial charge in [-0.2, -0.15) is 0 Å². The predicted molar refractivity (Wildman–Crippen MR) is 104 cm³/mol. The van der Waals surface area contributed by atoms with Crippen molar-refractivity contribution in [1.29, 1.82) is 0 Å². The van der Waals surface area contributed by atoms with Gasteiger partial charge in [0.25, 0.3) is 0 Å². The lowest BCUT2D eigenvalue weighted by molar-refractivity contribution is 0.0818. The molecule has 0 aromatic carbocycles. The Labute approximate surface area is 150 Å². The minimum Gasteiger partial charge on any atom is -0.393 e. The van der Waals surface area contributed by atoms with Gasteiger partial charge >= 0.3 is 0 Å². The van der Waals surface area contributed by atoms with Gasteiger partial charge in [-0.1, -0.05) is 77.0 Å². The SMILES string of the molecule is C=C[C@@](O)(C/C=C/[C@@H]1[C@@H](CCCCCCC)CC[C@H]1O)CCCC. The smallest absolute Gasteiger partial charge is 0.0859 e. The Morgan fingerprint density at radius 1 is 1.04 bits per heavy atom. The van der Waals surface area contributed by atoms with E-state index < -0.39 is 5.60 Å². The van der Waals surface area contributed by atoms with Crippen molar-refractivity contribution in [1.82, 2.24) is 0 Å². The lowest BCUT2D eigenvalue weighted by Crippen LogP contribution is -2.24. The highest BCUT2D eigenvalue weighted by Crippen LogP contribution is 2.37. The Morgan fingerprint density at radius 3 is 2.42 bits per heavy atom. The molecular weight excluding hydrogens is 296 g/mol. The largest absolute Gasteiger partial charge is 0.393 e. The maximum absolute atomic E-state index is 10.5. The van der Waals surface area contributed by atoms with Gasteiger partial charge in [0.05, 0.1) is 11.7 Å². The van der Waals surface area contributed by atoms with Crippen LogP contribution >= 0.6 is 0 Å². The van der Waals surface area contributed by atoms with Gasteiger partial charge in [-0.05, 0) is 38.0 Å². The van der Waals surface area contributed by atoms with Crippen molar-refractivity contribution in [2.45, 2.75) is 103 Å². The molecule has 0 bridgehead atoms. The number of unbranched alkanes of at least 4 members (excludes halogenated alkanes) is 5. The molecule has 1 rings (SSSR count). The third-order valence-electron chi connectivity index (χ3n) is 5.67. The lowest BCUT2D eigenvalue weighted by Gasteiger charge is -2.23.